The number of anilines is 2. The van der Waals surface area contributed by atoms with E-state index in [1.807, 2.05) is 0 Å². The van der Waals surface area contributed by atoms with E-state index >= 15 is 0 Å². The molecule has 174 valence electrons. The molecule has 2 aromatic carbocycles. The number of nitrogens with zero attached hydrogens (tertiary/aromatic N) is 4. The van der Waals surface area contributed by atoms with Crippen LogP contribution in [0.4, 0.5) is 29.7 Å². The summed E-state index contributed by atoms with van der Waals surface area (Å²) in [7, 11) is 0. The van der Waals surface area contributed by atoms with Crippen molar-refractivity contribution in [2.75, 3.05) is 23.3 Å². The highest BCUT2D eigenvalue weighted by molar-refractivity contribution is 6.03. The number of hydrogen-bond donors (Lipinski definition) is 1. The van der Waals surface area contributed by atoms with Gasteiger partial charge in [0, 0.05) is 31.4 Å². The van der Waals surface area contributed by atoms with E-state index in [2.05, 4.69) is 21.1 Å². The zero-order chi connectivity index (χ0) is 24.3. The minimum absolute atomic E-state index is 0.0517. The second-order valence-corrected chi connectivity index (χ2v) is 7.17. The molecule has 2 heterocycles. The van der Waals surface area contributed by atoms with Gasteiger partial charge >= 0.3 is 18.4 Å². The van der Waals surface area contributed by atoms with Crippen LogP contribution in [0.3, 0.4) is 0 Å². The van der Waals surface area contributed by atoms with Gasteiger partial charge in [-0.25, -0.2) is 9.69 Å². The Morgan fingerprint density at radius 3 is 2.76 bits per heavy atom. The number of hydrogen-bond acceptors (Lipinski definition) is 6. The first-order valence-electron chi connectivity index (χ1n) is 9.90. The van der Waals surface area contributed by atoms with E-state index in [9.17, 15) is 28.0 Å². The number of rotatable bonds is 6. The minimum Gasteiger partial charge on any atom is -0.431 e. The topological polar surface area (TPSA) is 112 Å². The average molecular weight is 471 g/mol. The fraction of sp³-hybridized carbons (Fsp3) is 0.182. The van der Waals surface area contributed by atoms with Crippen molar-refractivity contribution >= 4 is 23.6 Å². The molecule has 9 nitrogen and oxygen atoms in total. The fourth-order valence-corrected chi connectivity index (χ4v) is 3.34. The van der Waals surface area contributed by atoms with Crippen molar-refractivity contribution in [3.63, 3.8) is 0 Å². The lowest BCUT2D eigenvalue weighted by atomic mass is 10.1. The molecule has 1 N–H and O–H groups in total. The molecule has 1 fully saturated rings. The smallest absolute Gasteiger partial charge is 0.431 e. The molecule has 0 bridgehead atoms. The molecule has 0 aliphatic carbocycles. The lowest BCUT2D eigenvalue weighted by molar-refractivity contribution is -0.274. The quantitative estimate of drug-likeness (QED) is 0.579. The monoisotopic (exact) mass is 471 g/mol. The first-order valence-corrected chi connectivity index (χ1v) is 9.90. The molecule has 0 spiro atoms. The molecule has 0 radical (unpaired) electrons. The molecule has 1 saturated heterocycles. The van der Waals surface area contributed by atoms with Gasteiger partial charge in [-0.1, -0.05) is 24.3 Å². The molecule has 12 heteroatoms. The highest BCUT2D eigenvalue weighted by atomic mass is 19.4. The van der Waals surface area contributed by atoms with Crippen LogP contribution in [0.1, 0.15) is 21.6 Å². The van der Waals surface area contributed by atoms with E-state index in [1.165, 1.54) is 21.9 Å². The molecule has 1 aliphatic rings. The molecular formula is C22H16F3N5O4. The van der Waals surface area contributed by atoms with Gasteiger partial charge in [-0.15, -0.1) is 13.2 Å². The third kappa shape index (κ3) is 5.09. The number of carbonyl (C=O) groups excluding carboxylic acids is 2. The second-order valence-electron chi connectivity index (χ2n) is 7.17. The molecular weight excluding hydrogens is 455 g/mol. The predicted octanol–water partition coefficient (Wildman–Crippen LogP) is 4.14. The van der Waals surface area contributed by atoms with Gasteiger partial charge in [0.15, 0.2) is 5.69 Å². The Morgan fingerprint density at radius 1 is 1.21 bits per heavy atom. The number of nitrogens with one attached hydrogen (secondary N) is 1. The summed E-state index contributed by atoms with van der Waals surface area (Å²) < 4.78 is 46.3. The van der Waals surface area contributed by atoms with Crippen LogP contribution >= 0.6 is 0 Å². The van der Waals surface area contributed by atoms with Crippen molar-refractivity contribution in [3.8, 4) is 11.8 Å². The summed E-state index contributed by atoms with van der Waals surface area (Å²) >= 11 is 0. The summed E-state index contributed by atoms with van der Waals surface area (Å²) in [5.41, 5.74) is 1.05. The third-order valence-corrected chi connectivity index (χ3v) is 4.88. The number of oxazole rings is 1. The molecule has 34 heavy (non-hydrogen) atoms. The van der Waals surface area contributed by atoms with Gasteiger partial charge in [-0.3, -0.25) is 4.79 Å². The number of amides is 3. The number of benzene rings is 2. The average Bonchev–Trinajstić information content (AvgIpc) is 3.40. The molecule has 0 saturated carbocycles. The lowest BCUT2D eigenvalue weighted by Gasteiger charge is -2.17. The van der Waals surface area contributed by atoms with Crippen molar-refractivity contribution in [3.05, 3.63) is 71.6 Å². The van der Waals surface area contributed by atoms with Crippen molar-refractivity contribution < 1.29 is 31.9 Å². The van der Waals surface area contributed by atoms with Crippen LogP contribution in [-0.4, -0.2) is 41.3 Å². The van der Waals surface area contributed by atoms with E-state index < -0.39 is 24.1 Å². The van der Waals surface area contributed by atoms with Crippen molar-refractivity contribution in [1.29, 1.82) is 5.26 Å². The SMILES string of the molecule is N#Cc1ccccc1CN1CCN(c2nc(C(=O)Nc3cccc(OC(F)(F)F)c3)co2)C1=O. The number of urea groups is 1. The Morgan fingerprint density at radius 2 is 2.00 bits per heavy atom. The maximum atomic E-state index is 12.8. The second kappa shape index (κ2) is 9.14. The maximum Gasteiger partial charge on any atom is 0.573 e. The van der Waals surface area contributed by atoms with Crippen molar-refractivity contribution in [1.82, 2.24) is 9.88 Å². The van der Waals surface area contributed by atoms with Gasteiger partial charge < -0.3 is 19.4 Å². The molecule has 3 amide bonds. The Labute approximate surface area is 191 Å². The van der Waals surface area contributed by atoms with Crippen LogP contribution in [0.25, 0.3) is 0 Å². The van der Waals surface area contributed by atoms with Gasteiger partial charge in [-0.2, -0.15) is 10.2 Å². The Balaban J connectivity index is 1.41. The number of aromatic nitrogens is 1. The molecule has 0 atom stereocenters. The zero-order valence-electron chi connectivity index (χ0n) is 17.4. The number of alkyl halides is 3. The van der Waals surface area contributed by atoms with E-state index in [-0.39, 0.29) is 30.5 Å². The largest absolute Gasteiger partial charge is 0.573 e. The van der Waals surface area contributed by atoms with Crippen molar-refractivity contribution in [2.45, 2.75) is 12.9 Å². The van der Waals surface area contributed by atoms with Crippen molar-refractivity contribution in [2.24, 2.45) is 0 Å². The van der Waals surface area contributed by atoms with Gasteiger partial charge in [-0.05, 0) is 23.8 Å². The number of nitriles is 1. The third-order valence-electron chi connectivity index (χ3n) is 4.88. The molecule has 4 rings (SSSR count). The van der Waals surface area contributed by atoms with Gasteiger partial charge in [0.1, 0.15) is 12.0 Å². The first kappa shape index (κ1) is 22.7. The summed E-state index contributed by atoms with van der Waals surface area (Å²) in [6, 6.07) is 13.3. The summed E-state index contributed by atoms with van der Waals surface area (Å²) in [6.07, 6.45) is -3.82. The number of carbonyl (C=O) groups is 2. The Bertz CT molecular complexity index is 1270. The lowest BCUT2D eigenvalue weighted by Crippen LogP contribution is -2.31. The fourth-order valence-electron chi connectivity index (χ4n) is 3.34. The minimum atomic E-state index is -4.86. The number of ether oxygens (including phenoxy) is 1. The van der Waals surface area contributed by atoms with Crippen LogP contribution in [0.2, 0.25) is 0 Å². The predicted molar refractivity (Wildman–Crippen MR) is 112 cm³/mol. The molecule has 1 aromatic heterocycles. The van der Waals surface area contributed by atoms with Crippen LogP contribution in [0.5, 0.6) is 5.75 Å². The molecule has 0 unspecified atom stereocenters. The maximum absolute atomic E-state index is 12.8. The van der Waals surface area contributed by atoms with E-state index in [0.29, 0.717) is 17.7 Å². The Kier molecular flexibility index (Phi) is 6.09. The number of halogens is 3. The van der Waals surface area contributed by atoms with Crippen LogP contribution in [0.15, 0.2) is 59.2 Å². The summed E-state index contributed by atoms with van der Waals surface area (Å²) in [6.45, 7) is 0.837. The summed E-state index contributed by atoms with van der Waals surface area (Å²) in [5, 5.41) is 11.6. The van der Waals surface area contributed by atoms with Gasteiger partial charge in [0.05, 0.1) is 11.6 Å². The normalized spacial score (nSPS) is 13.6. The molecule has 1 aliphatic heterocycles. The Hall–Kier alpha value is -4.53. The highest BCUT2D eigenvalue weighted by Crippen LogP contribution is 2.26. The highest BCUT2D eigenvalue weighted by Gasteiger charge is 2.34. The van der Waals surface area contributed by atoms with E-state index in [1.54, 1.807) is 24.3 Å². The van der Waals surface area contributed by atoms with Crippen LogP contribution < -0.4 is 15.0 Å². The van der Waals surface area contributed by atoms with Gasteiger partial charge in [0.2, 0.25) is 0 Å². The van der Waals surface area contributed by atoms with E-state index in [4.69, 9.17) is 4.42 Å². The standard InChI is InChI=1S/C22H16F3N5O4/c23-22(24,25)34-17-7-3-6-16(10-17)27-19(31)18-13-33-20(28-18)30-9-8-29(21(30)32)12-15-5-2-1-4-14(15)11-26/h1-7,10,13H,8-9,12H2,(H,27,31). The van der Waals surface area contributed by atoms with Crippen LogP contribution in [-0.2, 0) is 6.54 Å². The summed E-state index contributed by atoms with van der Waals surface area (Å²) in [5.74, 6) is -1.24. The summed E-state index contributed by atoms with van der Waals surface area (Å²) in [4.78, 5) is 32.1. The van der Waals surface area contributed by atoms with Crippen LogP contribution in [0, 0.1) is 11.3 Å². The first-order chi connectivity index (χ1) is 16.2. The zero-order valence-corrected chi connectivity index (χ0v) is 17.4. The van der Waals surface area contributed by atoms with Gasteiger partial charge in [0.25, 0.3) is 5.91 Å². The van der Waals surface area contributed by atoms with E-state index in [0.717, 1.165) is 18.4 Å². The molecule has 3 aromatic rings.